The second-order valence-corrected chi connectivity index (χ2v) is 9.74. The quantitative estimate of drug-likeness (QED) is 0.746. The van der Waals surface area contributed by atoms with Gasteiger partial charge in [-0.15, -0.1) is 0 Å². The van der Waals surface area contributed by atoms with Crippen molar-refractivity contribution in [3.8, 4) is 0 Å². The minimum atomic E-state index is -1.10. The number of nitrogens with zero attached hydrogens (tertiary/aromatic N) is 1. The van der Waals surface area contributed by atoms with Gasteiger partial charge in [0.2, 0.25) is 5.91 Å². The number of carbonyl (C=O) groups is 1. The maximum atomic E-state index is 14.5. The summed E-state index contributed by atoms with van der Waals surface area (Å²) < 4.78 is 20.2. The fraction of sp³-hybridized carbons (Fsp3) is 0.957. The van der Waals surface area contributed by atoms with Crippen LogP contribution in [-0.4, -0.2) is 66.9 Å². The molecular weight excluding hydrogens is 369 g/mol. The van der Waals surface area contributed by atoms with Crippen molar-refractivity contribution in [2.24, 2.45) is 0 Å². The lowest BCUT2D eigenvalue weighted by Crippen LogP contribution is -2.67. The summed E-state index contributed by atoms with van der Waals surface area (Å²) in [6.07, 6.45) is 12.1. The van der Waals surface area contributed by atoms with E-state index in [4.69, 9.17) is 4.74 Å². The summed E-state index contributed by atoms with van der Waals surface area (Å²) in [7, 11) is 0. The summed E-state index contributed by atoms with van der Waals surface area (Å²) in [5.74, 6) is 0.0367. The summed E-state index contributed by atoms with van der Waals surface area (Å²) in [4.78, 5) is 14.7. The average molecular weight is 412 g/mol. The Kier molecular flexibility index (Phi) is 8.75. The van der Waals surface area contributed by atoms with Gasteiger partial charge < -0.3 is 20.3 Å². The molecule has 168 valence electrons. The van der Waals surface area contributed by atoms with Crippen molar-refractivity contribution in [2.45, 2.75) is 114 Å². The van der Waals surface area contributed by atoms with Gasteiger partial charge in [-0.25, -0.2) is 4.39 Å². The molecule has 0 aromatic rings. The Labute approximate surface area is 176 Å². The molecule has 0 aromatic carbocycles. The molecule has 2 saturated heterocycles. The zero-order valence-corrected chi connectivity index (χ0v) is 18.6. The number of amides is 1. The highest BCUT2D eigenvalue weighted by atomic mass is 19.1. The third-order valence-electron chi connectivity index (χ3n) is 6.97. The highest BCUT2D eigenvalue weighted by Crippen LogP contribution is 2.27. The normalized spacial score (nSPS) is 32.1. The molecule has 3 aliphatic rings. The van der Waals surface area contributed by atoms with Crippen LogP contribution in [0.4, 0.5) is 4.39 Å². The zero-order chi connectivity index (χ0) is 20.7. The number of piperazine rings is 1. The third-order valence-corrected chi connectivity index (χ3v) is 6.97. The van der Waals surface area contributed by atoms with Gasteiger partial charge in [0.05, 0.1) is 24.8 Å². The number of piperidine rings is 1. The fourth-order valence-electron chi connectivity index (χ4n) is 5.22. The van der Waals surface area contributed by atoms with Crippen LogP contribution in [0.1, 0.15) is 84.5 Å². The summed E-state index contributed by atoms with van der Waals surface area (Å²) in [5.41, 5.74) is 0.127. The van der Waals surface area contributed by atoms with Gasteiger partial charge in [-0.2, -0.15) is 0 Å². The largest absolute Gasteiger partial charge is 0.372 e. The van der Waals surface area contributed by atoms with Gasteiger partial charge in [-0.1, -0.05) is 51.4 Å². The molecule has 29 heavy (non-hydrogen) atoms. The molecule has 1 aliphatic carbocycles. The highest BCUT2D eigenvalue weighted by molar-refractivity contribution is 5.82. The van der Waals surface area contributed by atoms with Crippen molar-refractivity contribution in [1.29, 1.82) is 0 Å². The molecule has 5 nitrogen and oxygen atoms in total. The van der Waals surface area contributed by atoms with E-state index in [-0.39, 0.29) is 36.2 Å². The number of nitrogens with one attached hydrogen (secondary N) is 2. The van der Waals surface area contributed by atoms with Gasteiger partial charge in [0.1, 0.15) is 6.17 Å². The van der Waals surface area contributed by atoms with E-state index in [2.05, 4.69) is 10.6 Å². The number of hydrogen-bond donors (Lipinski definition) is 2. The average Bonchev–Trinajstić information content (AvgIpc) is 2.75. The first-order chi connectivity index (χ1) is 14.0. The number of alkyl halides is 1. The Balaban J connectivity index is 1.49. The van der Waals surface area contributed by atoms with Crippen LogP contribution >= 0.6 is 0 Å². The molecule has 3 atom stereocenters. The van der Waals surface area contributed by atoms with E-state index >= 15 is 0 Å². The van der Waals surface area contributed by atoms with Crippen LogP contribution in [0.15, 0.2) is 0 Å². The zero-order valence-electron chi connectivity index (χ0n) is 18.6. The van der Waals surface area contributed by atoms with E-state index < -0.39 is 6.17 Å². The van der Waals surface area contributed by atoms with E-state index in [0.717, 1.165) is 6.54 Å². The van der Waals surface area contributed by atoms with Crippen molar-refractivity contribution < 1.29 is 13.9 Å². The van der Waals surface area contributed by atoms with Gasteiger partial charge >= 0.3 is 0 Å². The molecule has 1 saturated carbocycles. The first-order valence-corrected chi connectivity index (χ1v) is 12.1. The molecule has 1 spiro atoms. The lowest BCUT2D eigenvalue weighted by atomic mass is 9.84. The van der Waals surface area contributed by atoms with E-state index in [1.54, 1.807) is 4.90 Å². The van der Waals surface area contributed by atoms with Crippen LogP contribution in [0.5, 0.6) is 0 Å². The van der Waals surface area contributed by atoms with Gasteiger partial charge in [0.25, 0.3) is 0 Å². The molecule has 0 bridgehead atoms. The van der Waals surface area contributed by atoms with Crippen LogP contribution in [0.3, 0.4) is 0 Å². The molecule has 2 N–H and O–H groups in total. The predicted molar refractivity (Wildman–Crippen MR) is 115 cm³/mol. The summed E-state index contributed by atoms with van der Waals surface area (Å²) in [6, 6.07) is -0.242. The van der Waals surface area contributed by atoms with Crippen molar-refractivity contribution in [1.82, 2.24) is 15.5 Å². The summed E-state index contributed by atoms with van der Waals surface area (Å²) >= 11 is 0. The van der Waals surface area contributed by atoms with Gasteiger partial charge in [0, 0.05) is 25.2 Å². The van der Waals surface area contributed by atoms with E-state index in [9.17, 15) is 9.18 Å². The molecular formula is C23H42FN3O2. The monoisotopic (exact) mass is 411 g/mol. The molecule has 2 heterocycles. The minimum absolute atomic E-state index is 0.0162. The van der Waals surface area contributed by atoms with Crippen LogP contribution < -0.4 is 10.6 Å². The maximum absolute atomic E-state index is 14.5. The number of carbonyl (C=O) groups excluding carboxylic acids is 1. The van der Waals surface area contributed by atoms with E-state index in [0.29, 0.717) is 19.5 Å². The Morgan fingerprint density at radius 1 is 1.07 bits per heavy atom. The van der Waals surface area contributed by atoms with Crippen molar-refractivity contribution in [2.75, 3.05) is 26.2 Å². The molecule has 0 radical (unpaired) electrons. The van der Waals surface area contributed by atoms with Gasteiger partial charge in [-0.05, 0) is 33.1 Å². The predicted octanol–water partition coefficient (Wildman–Crippen LogP) is 3.57. The number of rotatable bonds is 3. The second-order valence-electron chi connectivity index (χ2n) is 9.74. The van der Waals surface area contributed by atoms with Crippen molar-refractivity contribution in [3.05, 3.63) is 0 Å². The molecule has 0 aromatic heterocycles. The molecule has 6 heteroatoms. The Morgan fingerprint density at radius 3 is 2.21 bits per heavy atom. The third kappa shape index (κ3) is 6.63. The highest BCUT2D eigenvalue weighted by Gasteiger charge is 2.39. The second kappa shape index (κ2) is 11.1. The van der Waals surface area contributed by atoms with E-state index in [1.165, 1.54) is 64.2 Å². The number of hydrogen-bond acceptors (Lipinski definition) is 4. The van der Waals surface area contributed by atoms with Crippen LogP contribution in [-0.2, 0) is 9.53 Å². The molecule has 1 unspecified atom stereocenters. The number of ether oxygens (including phenoxy) is 1. The molecule has 3 rings (SSSR count). The Morgan fingerprint density at radius 2 is 1.69 bits per heavy atom. The topological polar surface area (TPSA) is 53.6 Å². The SMILES string of the molecule is CC(C)O[C@H]1CCN(C(=O)C2CNC3(CCCCCCCCCC3)CN2)C[C@H]1F. The van der Waals surface area contributed by atoms with Gasteiger partial charge in [0.15, 0.2) is 0 Å². The summed E-state index contributed by atoms with van der Waals surface area (Å²) in [6.45, 7) is 6.09. The lowest BCUT2D eigenvalue weighted by molar-refractivity contribution is -0.141. The first-order valence-electron chi connectivity index (χ1n) is 12.1. The molecule has 1 amide bonds. The fourth-order valence-corrected chi connectivity index (χ4v) is 5.22. The molecule has 2 aliphatic heterocycles. The van der Waals surface area contributed by atoms with Gasteiger partial charge in [-0.3, -0.25) is 4.79 Å². The van der Waals surface area contributed by atoms with Crippen LogP contribution in [0, 0.1) is 0 Å². The number of likely N-dealkylation sites (tertiary alicyclic amines) is 1. The first kappa shape index (κ1) is 23.0. The lowest BCUT2D eigenvalue weighted by Gasteiger charge is -2.44. The smallest absolute Gasteiger partial charge is 0.241 e. The maximum Gasteiger partial charge on any atom is 0.241 e. The number of halogens is 1. The standard InChI is InChI=1S/C23H42FN3O2/c1-18(2)29-21-11-14-27(16-19(21)24)22(28)20-15-26-23(17-25-20)12-9-7-5-3-4-6-8-10-13-23/h18-21,25-26H,3-17H2,1-2H3/t19-,20?,21+/m1/s1. The molecule has 3 fully saturated rings. The summed E-state index contributed by atoms with van der Waals surface area (Å²) in [5, 5.41) is 7.29. The van der Waals surface area contributed by atoms with E-state index in [1.807, 2.05) is 13.8 Å². The van der Waals surface area contributed by atoms with Crippen LogP contribution in [0.2, 0.25) is 0 Å². The minimum Gasteiger partial charge on any atom is -0.372 e. The Hall–Kier alpha value is -0.720. The van der Waals surface area contributed by atoms with Crippen molar-refractivity contribution in [3.63, 3.8) is 0 Å². The van der Waals surface area contributed by atoms with Crippen LogP contribution in [0.25, 0.3) is 0 Å². The Bertz CT molecular complexity index is 494. The van der Waals surface area contributed by atoms with Crippen molar-refractivity contribution >= 4 is 5.91 Å².